The van der Waals surface area contributed by atoms with E-state index in [9.17, 15) is 8.42 Å². The van der Waals surface area contributed by atoms with E-state index in [0.29, 0.717) is 31.1 Å². The highest BCUT2D eigenvalue weighted by molar-refractivity contribution is 7.89. The lowest BCUT2D eigenvalue weighted by atomic mass is 10.2. The van der Waals surface area contributed by atoms with Crippen LogP contribution in [0.4, 0.5) is 0 Å². The van der Waals surface area contributed by atoms with E-state index in [2.05, 4.69) is 52.9 Å². The van der Waals surface area contributed by atoms with Crippen molar-refractivity contribution in [2.24, 2.45) is 4.99 Å². The summed E-state index contributed by atoms with van der Waals surface area (Å²) < 4.78 is 25.1. The second-order valence-electron chi connectivity index (χ2n) is 6.00. The van der Waals surface area contributed by atoms with Gasteiger partial charge < -0.3 is 10.6 Å². The van der Waals surface area contributed by atoms with Gasteiger partial charge in [0.05, 0.1) is 5.75 Å². The van der Waals surface area contributed by atoms with Crippen molar-refractivity contribution < 1.29 is 8.42 Å². The van der Waals surface area contributed by atoms with Crippen LogP contribution in [0.2, 0.25) is 0 Å². The van der Waals surface area contributed by atoms with Crippen LogP contribution in [-0.2, 0) is 10.0 Å². The largest absolute Gasteiger partial charge is 0.356 e. The minimum Gasteiger partial charge on any atom is -0.356 e. The van der Waals surface area contributed by atoms with Gasteiger partial charge >= 0.3 is 0 Å². The first-order valence-corrected chi connectivity index (χ1v) is 10.1. The lowest BCUT2D eigenvalue weighted by Crippen LogP contribution is -2.43. The van der Waals surface area contributed by atoms with Gasteiger partial charge in [0, 0.05) is 45.3 Å². The van der Waals surface area contributed by atoms with E-state index in [4.69, 9.17) is 0 Å². The molecule has 7 nitrogen and oxygen atoms in total. The Morgan fingerprint density at radius 3 is 2.09 bits per heavy atom. The van der Waals surface area contributed by atoms with E-state index in [1.165, 1.54) is 0 Å². The van der Waals surface area contributed by atoms with Crippen molar-refractivity contribution >= 4 is 16.0 Å². The summed E-state index contributed by atoms with van der Waals surface area (Å²) in [4.78, 5) is 6.59. The molecule has 23 heavy (non-hydrogen) atoms. The molecule has 0 amide bonds. The zero-order chi connectivity index (χ0) is 17.9. The van der Waals surface area contributed by atoms with Gasteiger partial charge in [-0.1, -0.05) is 0 Å². The van der Waals surface area contributed by atoms with Crippen LogP contribution >= 0.6 is 0 Å². The van der Waals surface area contributed by atoms with Crippen molar-refractivity contribution in [3.63, 3.8) is 0 Å². The third-order valence-electron chi connectivity index (χ3n) is 3.56. The molecule has 0 fully saturated rings. The molecule has 0 aromatic rings. The van der Waals surface area contributed by atoms with E-state index in [1.807, 2.05) is 0 Å². The van der Waals surface area contributed by atoms with Crippen LogP contribution in [0.15, 0.2) is 4.99 Å². The van der Waals surface area contributed by atoms with Gasteiger partial charge in [-0.25, -0.2) is 13.1 Å². The monoisotopic (exact) mass is 349 g/mol. The molecule has 0 aromatic carbocycles. The second-order valence-corrected chi connectivity index (χ2v) is 8.10. The number of hydrogen-bond donors (Lipinski definition) is 3. The summed E-state index contributed by atoms with van der Waals surface area (Å²) in [6.45, 7) is 13.2. The van der Waals surface area contributed by atoms with Gasteiger partial charge in [0.2, 0.25) is 10.0 Å². The molecule has 0 saturated heterocycles. The maximum atomic E-state index is 11.3. The summed E-state index contributed by atoms with van der Waals surface area (Å²) in [5, 5.41) is 6.35. The van der Waals surface area contributed by atoms with Gasteiger partial charge in [0.1, 0.15) is 0 Å². The van der Waals surface area contributed by atoms with Crippen molar-refractivity contribution in [3.8, 4) is 0 Å². The zero-order valence-corrected chi connectivity index (χ0v) is 16.3. The zero-order valence-electron chi connectivity index (χ0n) is 15.5. The van der Waals surface area contributed by atoms with E-state index in [0.717, 1.165) is 19.5 Å². The molecule has 0 aliphatic heterocycles. The molecule has 138 valence electrons. The van der Waals surface area contributed by atoms with Crippen LogP contribution in [0.3, 0.4) is 0 Å². The van der Waals surface area contributed by atoms with Crippen LogP contribution in [0.5, 0.6) is 0 Å². The molecule has 0 bridgehead atoms. The van der Waals surface area contributed by atoms with E-state index >= 15 is 0 Å². The quantitative estimate of drug-likeness (QED) is 0.289. The molecule has 0 saturated carbocycles. The van der Waals surface area contributed by atoms with Gasteiger partial charge in [-0.05, 0) is 41.0 Å². The Morgan fingerprint density at radius 1 is 1.04 bits per heavy atom. The average Bonchev–Trinajstić information content (AvgIpc) is 2.48. The summed E-state index contributed by atoms with van der Waals surface area (Å²) in [6.07, 6.45) is 1.03. The number of hydrogen-bond acceptors (Lipinski definition) is 4. The van der Waals surface area contributed by atoms with Crippen LogP contribution in [0.1, 0.15) is 41.0 Å². The minimum absolute atomic E-state index is 0.0994. The van der Waals surface area contributed by atoms with Crippen molar-refractivity contribution in [1.82, 2.24) is 20.3 Å². The van der Waals surface area contributed by atoms with Gasteiger partial charge in [0.25, 0.3) is 0 Å². The lowest BCUT2D eigenvalue weighted by molar-refractivity contribution is 0.173. The Kier molecular flexibility index (Phi) is 11.2. The third kappa shape index (κ3) is 10.5. The maximum absolute atomic E-state index is 11.3. The topological polar surface area (TPSA) is 85.8 Å². The number of sulfonamides is 1. The molecule has 0 aromatic heterocycles. The molecule has 0 atom stereocenters. The molecule has 3 N–H and O–H groups in total. The summed E-state index contributed by atoms with van der Waals surface area (Å²) in [6, 6.07) is 1.08. The molecule has 0 aliphatic rings. The van der Waals surface area contributed by atoms with E-state index in [1.54, 1.807) is 14.0 Å². The number of nitrogens with one attached hydrogen (secondary N) is 3. The van der Waals surface area contributed by atoms with Crippen LogP contribution in [0.25, 0.3) is 0 Å². The Balaban J connectivity index is 3.95. The molecule has 8 heteroatoms. The van der Waals surface area contributed by atoms with Gasteiger partial charge in [-0.15, -0.1) is 0 Å². The van der Waals surface area contributed by atoms with Crippen molar-refractivity contribution in [2.75, 3.05) is 39.0 Å². The van der Waals surface area contributed by atoms with Crippen LogP contribution in [-0.4, -0.2) is 70.3 Å². The first kappa shape index (κ1) is 22.1. The first-order chi connectivity index (χ1) is 10.7. The molecule has 0 unspecified atom stereocenters. The number of aliphatic imine (C=N–C) groups is 1. The fraction of sp³-hybridized carbons (Fsp3) is 0.933. The fourth-order valence-electron chi connectivity index (χ4n) is 2.29. The average molecular weight is 350 g/mol. The molecule has 0 radical (unpaired) electrons. The molecular formula is C15H35N5O2S. The Hall–Kier alpha value is -0.860. The Morgan fingerprint density at radius 2 is 1.61 bits per heavy atom. The molecular weight excluding hydrogens is 314 g/mol. The van der Waals surface area contributed by atoms with Crippen molar-refractivity contribution in [1.29, 1.82) is 0 Å². The number of rotatable bonds is 11. The minimum atomic E-state index is -3.13. The highest BCUT2D eigenvalue weighted by atomic mass is 32.2. The van der Waals surface area contributed by atoms with E-state index in [-0.39, 0.29) is 5.75 Å². The number of nitrogens with zero attached hydrogens (tertiary/aromatic N) is 2. The van der Waals surface area contributed by atoms with E-state index < -0.39 is 10.0 Å². The van der Waals surface area contributed by atoms with Gasteiger partial charge in [-0.3, -0.25) is 9.89 Å². The first-order valence-electron chi connectivity index (χ1n) is 8.41. The Bertz CT molecular complexity index is 427. The SMILES string of the molecule is CCS(=O)(=O)NCCNC(=NC)NCCCN(C(C)C)C(C)C. The predicted molar refractivity (Wildman–Crippen MR) is 98.4 cm³/mol. The molecule has 0 rings (SSSR count). The van der Waals surface area contributed by atoms with Gasteiger partial charge in [0.15, 0.2) is 5.96 Å². The summed E-state index contributed by atoms with van der Waals surface area (Å²) in [5.41, 5.74) is 0. The summed E-state index contributed by atoms with van der Waals surface area (Å²) in [7, 11) is -1.42. The van der Waals surface area contributed by atoms with Crippen LogP contribution < -0.4 is 15.4 Å². The lowest BCUT2D eigenvalue weighted by Gasteiger charge is -2.30. The summed E-state index contributed by atoms with van der Waals surface area (Å²) in [5.74, 6) is 0.795. The number of guanidine groups is 1. The normalized spacial score (nSPS) is 13.2. The summed E-state index contributed by atoms with van der Waals surface area (Å²) >= 11 is 0. The highest BCUT2D eigenvalue weighted by Gasteiger charge is 2.12. The van der Waals surface area contributed by atoms with Crippen molar-refractivity contribution in [2.45, 2.75) is 53.1 Å². The molecule has 0 spiro atoms. The smallest absolute Gasteiger partial charge is 0.211 e. The third-order valence-corrected chi connectivity index (χ3v) is 4.96. The van der Waals surface area contributed by atoms with Crippen LogP contribution in [0, 0.1) is 0 Å². The molecule has 0 heterocycles. The Labute approximate surface area is 142 Å². The predicted octanol–water partition coefficient (Wildman–Crippen LogP) is 0.600. The maximum Gasteiger partial charge on any atom is 0.211 e. The second kappa shape index (κ2) is 11.6. The highest BCUT2D eigenvalue weighted by Crippen LogP contribution is 2.05. The van der Waals surface area contributed by atoms with Gasteiger partial charge in [-0.2, -0.15) is 0 Å². The standard InChI is InChI=1S/C15H35N5O2S/c1-7-23(21,22)19-11-10-18-15(16-6)17-9-8-12-20(13(2)3)14(4)5/h13-14,19H,7-12H2,1-6H3,(H2,16,17,18). The van der Waals surface area contributed by atoms with Crippen molar-refractivity contribution in [3.05, 3.63) is 0 Å². The molecule has 0 aliphatic carbocycles. The fourth-order valence-corrected chi connectivity index (χ4v) is 2.91.